The average molecular weight is 427 g/mol. The summed E-state index contributed by atoms with van der Waals surface area (Å²) in [6, 6.07) is 32.8. The van der Waals surface area contributed by atoms with Gasteiger partial charge in [0, 0.05) is 38.8 Å². The molecule has 2 N–H and O–H groups in total. The molecule has 0 aliphatic carbocycles. The van der Waals surface area contributed by atoms with Crippen molar-refractivity contribution in [1.29, 1.82) is 0 Å². The van der Waals surface area contributed by atoms with Crippen LogP contribution in [0.5, 0.6) is 0 Å². The minimum absolute atomic E-state index is 0.373. The molecule has 0 spiro atoms. The van der Waals surface area contributed by atoms with Gasteiger partial charge in [-0.2, -0.15) is 0 Å². The molecule has 156 valence electrons. The molecule has 0 fully saturated rings. The summed E-state index contributed by atoms with van der Waals surface area (Å²) in [4.78, 5) is 0. The highest BCUT2D eigenvalue weighted by atomic mass is 16.4. The first-order valence-corrected chi connectivity index (χ1v) is 10.9. The smallest absolute Gasteiger partial charge is 0.456 e. The summed E-state index contributed by atoms with van der Waals surface area (Å²) in [7, 11) is -1.62. The van der Waals surface area contributed by atoms with Crippen LogP contribution >= 0.6 is 0 Å². The van der Waals surface area contributed by atoms with Crippen LogP contribution in [0.2, 0.25) is 0 Å². The molecule has 0 bridgehead atoms. The van der Waals surface area contributed by atoms with Gasteiger partial charge < -0.3 is 19.0 Å². The van der Waals surface area contributed by atoms with Crippen LogP contribution in [0.15, 0.2) is 101 Å². The maximum atomic E-state index is 10.0. The van der Waals surface area contributed by atoms with Gasteiger partial charge in [0.15, 0.2) is 0 Å². The van der Waals surface area contributed by atoms with E-state index < -0.39 is 7.12 Å². The molecule has 5 heteroatoms. The SMILES string of the molecule is OB(O)c1cc2ccccc2c2c1oc1cc(-n3c4ccccc4c4ccccc43)ccc12. The highest BCUT2D eigenvalue weighted by Gasteiger charge is 2.22. The maximum Gasteiger partial charge on any atom is 0.492 e. The van der Waals surface area contributed by atoms with E-state index in [4.69, 9.17) is 4.42 Å². The Balaban J connectivity index is 1.59. The Hall–Kier alpha value is -4.06. The normalized spacial score (nSPS) is 11.9. The molecule has 0 aliphatic heterocycles. The summed E-state index contributed by atoms with van der Waals surface area (Å²) in [5.41, 5.74) is 4.85. The molecule has 0 unspecified atom stereocenters. The number of para-hydroxylation sites is 2. The molecule has 0 aliphatic rings. The molecular weight excluding hydrogens is 409 g/mol. The minimum Gasteiger partial charge on any atom is -0.456 e. The number of hydrogen-bond donors (Lipinski definition) is 2. The van der Waals surface area contributed by atoms with Gasteiger partial charge in [0.05, 0.1) is 11.0 Å². The Bertz CT molecular complexity index is 1810. The molecule has 0 saturated carbocycles. The quantitative estimate of drug-likeness (QED) is 0.358. The van der Waals surface area contributed by atoms with Crippen molar-refractivity contribution >= 4 is 67.1 Å². The number of aromatic nitrogens is 1. The molecule has 0 radical (unpaired) electrons. The fourth-order valence-electron chi connectivity index (χ4n) is 5.17. The summed E-state index contributed by atoms with van der Waals surface area (Å²) >= 11 is 0. The number of hydrogen-bond acceptors (Lipinski definition) is 3. The van der Waals surface area contributed by atoms with Crippen LogP contribution in [0, 0.1) is 0 Å². The Kier molecular flexibility index (Phi) is 3.77. The summed E-state index contributed by atoms with van der Waals surface area (Å²) in [6.07, 6.45) is 0. The third-order valence-electron chi connectivity index (χ3n) is 6.59. The largest absolute Gasteiger partial charge is 0.492 e. The second-order valence-electron chi connectivity index (χ2n) is 8.42. The Morgan fingerprint density at radius 1 is 0.636 bits per heavy atom. The Labute approximate surface area is 189 Å². The first-order valence-electron chi connectivity index (χ1n) is 10.9. The first-order chi connectivity index (χ1) is 16.2. The molecule has 0 amide bonds. The molecule has 7 rings (SSSR count). The fraction of sp³-hybridized carbons (Fsp3) is 0. The molecule has 7 aromatic rings. The number of rotatable bonds is 2. The van der Waals surface area contributed by atoms with Crippen molar-refractivity contribution < 1.29 is 14.5 Å². The Morgan fingerprint density at radius 2 is 1.27 bits per heavy atom. The van der Waals surface area contributed by atoms with Gasteiger partial charge >= 0.3 is 7.12 Å². The zero-order valence-corrected chi connectivity index (χ0v) is 17.6. The van der Waals surface area contributed by atoms with Gasteiger partial charge in [-0.25, -0.2) is 0 Å². The van der Waals surface area contributed by atoms with Crippen molar-refractivity contribution in [2.24, 2.45) is 0 Å². The molecule has 0 atom stereocenters. The molecule has 5 aromatic carbocycles. The number of nitrogens with zero attached hydrogens (tertiary/aromatic N) is 1. The van der Waals surface area contributed by atoms with Crippen LogP contribution in [-0.4, -0.2) is 21.7 Å². The van der Waals surface area contributed by atoms with E-state index in [1.807, 2.05) is 30.3 Å². The number of benzene rings is 5. The third-order valence-corrected chi connectivity index (χ3v) is 6.59. The van der Waals surface area contributed by atoms with E-state index >= 15 is 0 Å². The van der Waals surface area contributed by atoms with E-state index in [-0.39, 0.29) is 0 Å². The average Bonchev–Trinajstić information content (AvgIpc) is 3.39. The van der Waals surface area contributed by atoms with E-state index in [1.54, 1.807) is 6.07 Å². The van der Waals surface area contributed by atoms with Crippen molar-refractivity contribution in [2.75, 3.05) is 0 Å². The zero-order chi connectivity index (χ0) is 22.1. The van der Waals surface area contributed by atoms with Gasteiger partial charge in [0.25, 0.3) is 0 Å². The molecule has 33 heavy (non-hydrogen) atoms. The lowest BCUT2D eigenvalue weighted by Crippen LogP contribution is -2.30. The van der Waals surface area contributed by atoms with Gasteiger partial charge in [0.1, 0.15) is 11.2 Å². The summed E-state index contributed by atoms with van der Waals surface area (Å²) in [5, 5.41) is 26.3. The molecular formula is C28H18BNO3. The monoisotopic (exact) mass is 427 g/mol. The summed E-state index contributed by atoms with van der Waals surface area (Å²) < 4.78 is 8.53. The summed E-state index contributed by atoms with van der Waals surface area (Å²) in [5.74, 6) is 0. The summed E-state index contributed by atoms with van der Waals surface area (Å²) in [6.45, 7) is 0. The highest BCUT2D eigenvalue weighted by molar-refractivity contribution is 6.62. The van der Waals surface area contributed by atoms with Gasteiger partial charge in [0.2, 0.25) is 0 Å². The van der Waals surface area contributed by atoms with Crippen LogP contribution in [-0.2, 0) is 0 Å². The van der Waals surface area contributed by atoms with Crippen molar-refractivity contribution in [3.63, 3.8) is 0 Å². The third kappa shape index (κ3) is 2.55. The van der Waals surface area contributed by atoms with Crippen molar-refractivity contribution in [3.8, 4) is 5.69 Å². The van der Waals surface area contributed by atoms with E-state index in [0.29, 0.717) is 16.6 Å². The van der Waals surface area contributed by atoms with E-state index in [1.165, 1.54) is 10.8 Å². The molecule has 0 saturated heterocycles. The van der Waals surface area contributed by atoms with Crippen molar-refractivity contribution in [2.45, 2.75) is 0 Å². The van der Waals surface area contributed by atoms with E-state index in [2.05, 4.69) is 65.2 Å². The van der Waals surface area contributed by atoms with Gasteiger partial charge in [-0.1, -0.05) is 66.7 Å². The van der Waals surface area contributed by atoms with E-state index in [9.17, 15) is 10.0 Å². The predicted molar refractivity (Wildman–Crippen MR) is 135 cm³/mol. The van der Waals surface area contributed by atoms with E-state index in [0.717, 1.165) is 38.3 Å². The van der Waals surface area contributed by atoms with Crippen LogP contribution in [0.25, 0.3) is 60.2 Å². The zero-order valence-electron chi connectivity index (χ0n) is 17.6. The number of furan rings is 1. The second-order valence-corrected chi connectivity index (χ2v) is 8.42. The number of fused-ring (bicyclic) bond motifs is 8. The van der Waals surface area contributed by atoms with Crippen molar-refractivity contribution in [3.05, 3.63) is 97.1 Å². The van der Waals surface area contributed by atoms with Gasteiger partial charge in [-0.05, 0) is 35.0 Å². The lowest BCUT2D eigenvalue weighted by atomic mass is 9.78. The lowest BCUT2D eigenvalue weighted by Gasteiger charge is -2.07. The van der Waals surface area contributed by atoms with Crippen molar-refractivity contribution in [1.82, 2.24) is 4.57 Å². The fourth-order valence-corrected chi connectivity index (χ4v) is 5.17. The minimum atomic E-state index is -1.62. The van der Waals surface area contributed by atoms with Gasteiger partial charge in [-0.15, -0.1) is 0 Å². The van der Waals surface area contributed by atoms with Crippen LogP contribution in [0.3, 0.4) is 0 Å². The van der Waals surface area contributed by atoms with Crippen LogP contribution in [0.1, 0.15) is 0 Å². The predicted octanol–water partition coefficient (Wildman–Crippen LogP) is 5.52. The highest BCUT2D eigenvalue weighted by Crippen LogP contribution is 2.37. The van der Waals surface area contributed by atoms with Crippen LogP contribution in [0.4, 0.5) is 0 Å². The standard InChI is InChI=1S/C28H18BNO3/c31-29(32)23-15-17-7-1-2-8-19(17)27-22-14-13-18(16-26(22)33-28(23)27)30-24-11-5-3-9-20(24)21-10-4-6-12-25(21)30/h1-16,31-32H. The molecule has 4 nitrogen and oxygen atoms in total. The molecule has 2 heterocycles. The second kappa shape index (κ2) is 6.72. The molecule has 2 aromatic heterocycles. The maximum absolute atomic E-state index is 10.0. The van der Waals surface area contributed by atoms with Crippen LogP contribution < -0.4 is 5.46 Å². The topological polar surface area (TPSA) is 58.5 Å². The lowest BCUT2D eigenvalue weighted by molar-refractivity contribution is 0.425. The van der Waals surface area contributed by atoms with Gasteiger partial charge in [-0.3, -0.25) is 0 Å². The Morgan fingerprint density at radius 3 is 1.97 bits per heavy atom. The first kappa shape index (κ1) is 18.5.